The van der Waals surface area contributed by atoms with E-state index in [1.54, 1.807) is 0 Å². The second kappa shape index (κ2) is 8.95. The van der Waals surface area contributed by atoms with Crippen molar-refractivity contribution in [1.82, 2.24) is 10.2 Å². The average molecular weight is 495 g/mol. The van der Waals surface area contributed by atoms with E-state index in [0.717, 1.165) is 36.6 Å². The van der Waals surface area contributed by atoms with Crippen LogP contribution in [0.25, 0.3) is 0 Å². The van der Waals surface area contributed by atoms with E-state index in [1.165, 1.54) is 19.1 Å². The number of carboxylic acids is 1. The number of nitrogens with one attached hydrogen (secondary N) is 1. The molecule has 2 aliphatic rings. The lowest BCUT2D eigenvalue weighted by Gasteiger charge is -2.53. The van der Waals surface area contributed by atoms with Gasteiger partial charge in [0.05, 0.1) is 5.56 Å². The molecule has 1 aromatic carbocycles. The molecule has 3 rings (SSSR count). The fourth-order valence-corrected chi connectivity index (χ4v) is 5.42. The molecule has 2 heterocycles. The number of fused-ring (bicyclic) bond motifs is 1. The second-order valence-electron chi connectivity index (χ2n) is 7.59. The summed E-state index contributed by atoms with van der Waals surface area (Å²) in [6.45, 7) is 3.06. The minimum atomic E-state index is -1.94. The Morgan fingerprint density at radius 2 is 1.82 bits per heavy atom. The van der Waals surface area contributed by atoms with Crippen LogP contribution in [-0.2, 0) is 28.7 Å². The number of rotatable bonds is 8. The quantitative estimate of drug-likeness (QED) is 0.134. The normalized spacial score (nSPS) is 27.2. The predicted octanol–water partition coefficient (Wildman–Crippen LogP) is -0.778. The Labute approximate surface area is 196 Å². The van der Waals surface area contributed by atoms with E-state index >= 15 is 0 Å². The Morgan fingerprint density at radius 1 is 1.21 bits per heavy atom. The number of aliphatic carboxylic acids is 1. The highest BCUT2D eigenvalue weighted by Gasteiger charge is 2.74. The van der Waals surface area contributed by atoms with Gasteiger partial charge in [0.1, 0.15) is 12.0 Å². The van der Waals surface area contributed by atoms with Crippen LogP contribution in [0.5, 0.6) is 11.5 Å². The number of nitrogens with two attached hydrogens (primary N) is 1. The van der Waals surface area contributed by atoms with Crippen LogP contribution in [0.15, 0.2) is 18.2 Å². The Kier molecular flexibility index (Phi) is 6.57. The highest BCUT2D eigenvalue weighted by atomic mass is 32.2. The van der Waals surface area contributed by atoms with Crippen molar-refractivity contribution in [2.45, 2.75) is 42.6 Å². The predicted molar refractivity (Wildman–Crippen MR) is 114 cm³/mol. The zero-order valence-electron chi connectivity index (χ0n) is 18.2. The van der Waals surface area contributed by atoms with Crippen LogP contribution in [0.2, 0.25) is 0 Å². The molecular weight excluding hydrogens is 474 g/mol. The first-order chi connectivity index (χ1) is 15.9. The largest absolute Gasteiger partial charge is 0.479 e. The molecule has 0 saturated carbocycles. The van der Waals surface area contributed by atoms with Gasteiger partial charge in [-0.05, 0) is 18.2 Å². The summed E-state index contributed by atoms with van der Waals surface area (Å²) in [5.74, 6) is -5.00. The van der Waals surface area contributed by atoms with Crippen LogP contribution >= 0.6 is 11.8 Å². The molecule has 2 aliphatic heterocycles. The lowest BCUT2D eigenvalue weighted by molar-refractivity contribution is -0.180. The molecular formula is C20H21N3O10S. The molecule has 2 fully saturated rings. The van der Waals surface area contributed by atoms with E-state index in [1.807, 2.05) is 0 Å². The number of β-lactam (4-membered cyclic amide) rings is 1. The molecule has 182 valence electrons. The third-order valence-electron chi connectivity index (χ3n) is 5.41. The zero-order valence-corrected chi connectivity index (χ0v) is 19.0. The van der Waals surface area contributed by atoms with Gasteiger partial charge < -0.3 is 29.5 Å². The summed E-state index contributed by atoms with van der Waals surface area (Å²) < 4.78 is 15.2. The first kappa shape index (κ1) is 25.0. The van der Waals surface area contributed by atoms with Crippen molar-refractivity contribution >= 4 is 48.0 Å². The maximum atomic E-state index is 12.7. The number of ether oxygens (including phenoxy) is 3. The molecule has 34 heavy (non-hydrogen) atoms. The molecule has 0 radical (unpaired) electrons. The summed E-state index contributed by atoms with van der Waals surface area (Å²) >= 11 is 1.05. The standard InChI is InChI=1S/C20H21N3O10S/c1-9-19(18(29)30,23-16(28)20(21,22-8-24)17(23)34-9)7-31-15(27)12-4-5-13(32-10(2)25)14(6-12)33-11(3)26/h4-6,8-9,17H,7,21H2,1-3H3,(H,22,24)(H,29,30). The molecule has 0 aliphatic carbocycles. The van der Waals surface area contributed by atoms with Crippen molar-refractivity contribution in [3.05, 3.63) is 23.8 Å². The van der Waals surface area contributed by atoms with E-state index in [4.69, 9.17) is 19.9 Å². The Balaban J connectivity index is 1.84. The van der Waals surface area contributed by atoms with E-state index in [-0.39, 0.29) is 23.5 Å². The van der Waals surface area contributed by atoms with E-state index in [9.17, 15) is 33.9 Å². The van der Waals surface area contributed by atoms with Crippen molar-refractivity contribution in [3.63, 3.8) is 0 Å². The number of esters is 3. The number of carboxylic acid groups (broad SMARTS) is 1. The Morgan fingerprint density at radius 3 is 2.38 bits per heavy atom. The zero-order chi connectivity index (χ0) is 25.4. The van der Waals surface area contributed by atoms with Gasteiger partial charge in [-0.3, -0.25) is 24.9 Å². The first-order valence-electron chi connectivity index (χ1n) is 9.79. The average Bonchev–Trinajstić information content (AvgIpc) is 3.04. The minimum Gasteiger partial charge on any atom is -0.479 e. The number of carbonyl (C=O) groups is 6. The van der Waals surface area contributed by atoms with Gasteiger partial charge in [0.2, 0.25) is 6.41 Å². The first-order valence-corrected chi connectivity index (χ1v) is 10.7. The topological polar surface area (TPSA) is 192 Å². The molecule has 2 amide bonds. The molecule has 0 bridgehead atoms. The summed E-state index contributed by atoms with van der Waals surface area (Å²) in [5.41, 5.74) is 2.10. The van der Waals surface area contributed by atoms with Crippen LogP contribution in [0, 0.1) is 0 Å². The minimum absolute atomic E-state index is 0.113. The van der Waals surface area contributed by atoms with Crippen LogP contribution in [0.3, 0.4) is 0 Å². The van der Waals surface area contributed by atoms with Crippen molar-refractivity contribution in [2.24, 2.45) is 5.73 Å². The molecule has 0 spiro atoms. The number of nitrogens with zero attached hydrogens (tertiary/aromatic N) is 1. The number of carbonyl (C=O) groups excluding carboxylic acids is 5. The molecule has 14 heteroatoms. The summed E-state index contributed by atoms with van der Waals surface area (Å²) in [6.07, 6.45) is 0.251. The molecule has 4 unspecified atom stereocenters. The number of hydrogen-bond donors (Lipinski definition) is 3. The summed E-state index contributed by atoms with van der Waals surface area (Å²) in [6, 6.07) is 3.53. The van der Waals surface area contributed by atoms with Crippen LogP contribution in [-0.4, -0.2) is 74.6 Å². The van der Waals surface area contributed by atoms with Crippen LogP contribution in [0.4, 0.5) is 0 Å². The van der Waals surface area contributed by atoms with Crippen LogP contribution in [0.1, 0.15) is 31.1 Å². The SMILES string of the molecule is CC(=O)Oc1ccc(C(=O)OCC2(C(=O)O)C(C)SC3N2C(=O)C3(N)NC=O)cc1OC(C)=O. The maximum Gasteiger partial charge on any atom is 0.338 e. The smallest absolute Gasteiger partial charge is 0.338 e. The van der Waals surface area contributed by atoms with Gasteiger partial charge in [-0.25, -0.2) is 9.59 Å². The van der Waals surface area contributed by atoms with Gasteiger partial charge in [-0.1, -0.05) is 6.92 Å². The number of thioether (sulfide) groups is 1. The molecule has 2 saturated heterocycles. The van der Waals surface area contributed by atoms with Gasteiger partial charge in [0, 0.05) is 19.1 Å². The highest BCUT2D eigenvalue weighted by Crippen LogP contribution is 2.53. The van der Waals surface area contributed by atoms with Crippen molar-refractivity contribution in [1.29, 1.82) is 0 Å². The van der Waals surface area contributed by atoms with E-state index in [2.05, 4.69) is 5.32 Å². The lowest BCUT2D eigenvalue weighted by atomic mass is 9.86. The molecule has 0 aromatic heterocycles. The Bertz CT molecular complexity index is 1090. The molecule has 4 N–H and O–H groups in total. The van der Waals surface area contributed by atoms with Gasteiger partial charge in [-0.15, -0.1) is 11.8 Å². The van der Waals surface area contributed by atoms with Crippen molar-refractivity contribution in [3.8, 4) is 11.5 Å². The van der Waals surface area contributed by atoms with Crippen molar-refractivity contribution < 1.29 is 48.1 Å². The number of benzene rings is 1. The third kappa shape index (κ3) is 3.94. The number of hydrogen-bond acceptors (Lipinski definition) is 11. The summed E-state index contributed by atoms with van der Waals surface area (Å²) in [7, 11) is 0. The highest BCUT2D eigenvalue weighted by molar-refractivity contribution is 8.01. The van der Waals surface area contributed by atoms with Crippen molar-refractivity contribution in [2.75, 3.05) is 6.61 Å². The summed E-state index contributed by atoms with van der Waals surface area (Å²) in [5, 5.41) is 10.6. The maximum absolute atomic E-state index is 12.7. The third-order valence-corrected chi connectivity index (χ3v) is 7.05. The monoisotopic (exact) mass is 495 g/mol. The van der Waals surface area contributed by atoms with Crippen LogP contribution < -0.4 is 20.5 Å². The van der Waals surface area contributed by atoms with E-state index < -0.39 is 58.2 Å². The molecule has 4 atom stereocenters. The lowest BCUT2D eigenvalue weighted by Crippen LogP contribution is -2.85. The van der Waals surface area contributed by atoms with Gasteiger partial charge in [0.15, 0.2) is 22.7 Å². The fraction of sp³-hybridized carbons (Fsp3) is 0.400. The molecule has 13 nitrogen and oxygen atoms in total. The molecule has 1 aromatic rings. The second-order valence-corrected chi connectivity index (χ2v) is 9.02. The van der Waals surface area contributed by atoms with E-state index in [0.29, 0.717) is 0 Å². The Hall–Kier alpha value is -3.65. The fourth-order valence-electron chi connectivity index (χ4n) is 3.73. The van der Waals surface area contributed by atoms with Gasteiger partial charge in [-0.2, -0.15) is 0 Å². The number of amides is 2. The summed E-state index contributed by atoms with van der Waals surface area (Å²) in [4.78, 5) is 72.1. The van der Waals surface area contributed by atoms with Gasteiger partial charge in [0.25, 0.3) is 5.91 Å². The van der Waals surface area contributed by atoms with Gasteiger partial charge >= 0.3 is 23.9 Å².